The molecule has 0 aromatic heterocycles. The second kappa shape index (κ2) is 4.62. The third-order valence-corrected chi connectivity index (χ3v) is 5.01. The molecule has 0 spiro atoms. The van der Waals surface area contributed by atoms with Gasteiger partial charge < -0.3 is 5.32 Å². The van der Waals surface area contributed by atoms with Crippen molar-refractivity contribution >= 4 is 11.6 Å². The third kappa shape index (κ3) is 2.11. The molecule has 0 aliphatic heterocycles. The van der Waals surface area contributed by atoms with Gasteiger partial charge in [0.25, 0.3) is 0 Å². The van der Waals surface area contributed by atoms with Gasteiger partial charge in [0, 0.05) is 23.9 Å². The predicted molar refractivity (Wildman–Crippen MR) is 72.8 cm³/mol. The van der Waals surface area contributed by atoms with E-state index in [1.165, 1.54) is 37.7 Å². The SMILES string of the molecule is ClCC1(NCC2Cc3ccccc32)CCCC1. The maximum atomic E-state index is 6.15. The fourth-order valence-corrected chi connectivity index (χ4v) is 3.66. The van der Waals surface area contributed by atoms with E-state index >= 15 is 0 Å². The summed E-state index contributed by atoms with van der Waals surface area (Å²) in [5, 5.41) is 3.76. The fourth-order valence-electron chi connectivity index (χ4n) is 3.29. The molecule has 0 saturated heterocycles. The van der Waals surface area contributed by atoms with Crippen LogP contribution in [0.15, 0.2) is 24.3 Å². The Bertz CT molecular complexity index is 396. The molecule has 1 N–H and O–H groups in total. The predicted octanol–water partition coefficient (Wildman–Crippen LogP) is 3.47. The molecular weight excluding hydrogens is 230 g/mol. The van der Waals surface area contributed by atoms with Crippen molar-refractivity contribution in [3.05, 3.63) is 35.4 Å². The Labute approximate surface area is 109 Å². The largest absolute Gasteiger partial charge is 0.309 e. The molecule has 0 amide bonds. The van der Waals surface area contributed by atoms with Gasteiger partial charge in [0.2, 0.25) is 0 Å². The quantitative estimate of drug-likeness (QED) is 0.806. The van der Waals surface area contributed by atoms with Gasteiger partial charge in [0.05, 0.1) is 0 Å². The van der Waals surface area contributed by atoms with Crippen LogP contribution in [-0.4, -0.2) is 18.0 Å². The maximum absolute atomic E-state index is 6.15. The molecule has 1 aromatic rings. The summed E-state index contributed by atoms with van der Waals surface area (Å²) in [6.07, 6.45) is 6.42. The van der Waals surface area contributed by atoms with E-state index in [-0.39, 0.29) is 5.54 Å². The minimum Gasteiger partial charge on any atom is -0.309 e. The normalized spacial score (nSPS) is 25.4. The average molecular weight is 250 g/mol. The molecule has 0 bridgehead atoms. The molecule has 1 fully saturated rings. The second-order valence-corrected chi connectivity index (χ2v) is 5.87. The molecule has 2 aliphatic rings. The standard InChI is InChI=1S/C15H20ClN/c16-11-15(7-3-4-8-15)17-10-13-9-12-5-1-2-6-14(12)13/h1-2,5-6,13,17H,3-4,7-11H2. The number of benzene rings is 1. The Morgan fingerprint density at radius 1 is 1.24 bits per heavy atom. The average Bonchev–Trinajstić information content (AvgIpc) is 2.80. The molecule has 92 valence electrons. The lowest BCUT2D eigenvalue weighted by atomic mass is 9.77. The van der Waals surface area contributed by atoms with Gasteiger partial charge in [-0.2, -0.15) is 0 Å². The van der Waals surface area contributed by atoms with Gasteiger partial charge in [0.1, 0.15) is 0 Å². The van der Waals surface area contributed by atoms with E-state index in [9.17, 15) is 0 Å². The van der Waals surface area contributed by atoms with E-state index in [4.69, 9.17) is 11.6 Å². The molecule has 0 heterocycles. The van der Waals surface area contributed by atoms with E-state index in [2.05, 4.69) is 29.6 Å². The number of hydrogen-bond acceptors (Lipinski definition) is 1. The lowest BCUT2D eigenvalue weighted by Crippen LogP contribution is -2.47. The number of alkyl halides is 1. The van der Waals surface area contributed by atoms with Crippen LogP contribution in [0.5, 0.6) is 0 Å². The summed E-state index contributed by atoms with van der Waals surface area (Å²) in [6, 6.07) is 8.81. The smallest absolute Gasteiger partial charge is 0.0406 e. The summed E-state index contributed by atoms with van der Waals surface area (Å²) in [6.45, 7) is 1.10. The molecule has 2 aliphatic carbocycles. The van der Waals surface area contributed by atoms with E-state index in [1.807, 2.05) is 0 Å². The van der Waals surface area contributed by atoms with Crippen LogP contribution in [0, 0.1) is 0 Å². The minimum absolute atomic E-state index is 0.242. The first kappa shape index (κ1) is 11.6. The van der Waals surface area contributed by atoms with E-state index in [0.717, 1.165) is 12.4 Å². The van der Waals surface area contributed by atoms with Gasteiger partial charge in [-0.15, -0.1) is 11.6 Å². The fraction of sp³-hybridized carbons (Fsp3) is 0.600. The molecule has 17 heavy (non-hydrogen) atoms. The van der Waals surface area contributed by atoms with Crippen LogP contribution in [0.2, 0.25) is 0 Å². The molecule has 2 heteroatoms. The maximum Gasteiger partial charge on any atom is 0.0406 e. The summed E-state index contributed by atoms with van der Waals surface area (Å²) < 4.78 is 0. The van der Waals surface area contributed by atoms with Gasteiger partial charge in [-0.1, -0.05) is 37.1 Å². The molecular formula is C15H20ClN. The van der Waals surface area contributed by atoms with Crippen LogP contribution in [0.3, 0.4) is 0 Å². The molecule has 0 radical (unpaired) electrons. The highest BCUT2D eigenvalue weighted by Gasteiger charge is 2.34. The van der Waals surface area contributed by atoms with Crippen LogP contribution < -0.4 is 5.32 Å². The Kier molecular flexibility index (Phi) is 3.14. The van der Waals surface area contributed by atoms with Crippen LogP contribution in [0.4, 0.5) is 0 Å². The molecule has 1 unspecified atom stereocenters. The zero-order valence-corrected chi connectivity index (χ0v) is 11.0. The van der Waals surface area contributed by atoms with Gasteiger partial charge >= 0.3 is 0 Å². The number of nitrogens with one attached hydrogen (secondary N) is 1. The number of halogens is 1. The van der Waals surface area contributed by atoms with Crippen molar-refractivity contribution in [2.24, 2.45) is 0 Å². The molecule has 1 atom stereocenters. The Morgan fingerprint density at radius 2 is 2.00 bits per heavy atom. The summed E-state index contributed by atoms with van der Waals surface area (Å²) in [4.78, 5) is 0. The summed E-state index contributed by atoms with van der Waals surface area (Å²) in [5.74, 6) is 1.48. The lowest BCUT2D eigenvalue weighted by Gasteiger charge is -2.35. The highest BCUT2D eigenvalue weighted by molar-refractivity contribution is 6.18. The lowest BCUT2D eigenvalue weighted by molar-refractivity contribution is 0.349. The van der Waals surface area contributed by atoms with E-state index in [0.29, 0.717) is 5.92 Å². The molecule has 3 rings (SSSR count). The van der Waals surface area contributed by atoms with Crippen LogP contribution in [-0.2, 0) is 6.42 Å². The molecule has 1 saturated carbocycles. The van der Waals surface area contributed by atoms with Gasteiger partial charge in [0.15, 0.2) is 0 Å². The van der Waals surface area contributed by atoms with Crippen LogP contribution in [0.25, 0.3) is 0 Å². The first-order valence-electron chi connectivity index (χ1n) is 6.72. The van der Waals surface area contributed by atoms with E-state index < -0.39 is 0 Å². The van der Waals surface area contributed by atoms with Crippen molar-refractivity contribution in [3.8, 4) is 0 Å². The monoisotopic (exact) mass is 249 g/mol. The first-order valence-corrected chi connectivity index (χ1v) is 7.25. The minimum atomic E-state index is 0.242. The number of rotatable bonds is 4. The number of hydrogen-bond donors (Lipinski definition) is 1. The zero-order chi connectivity index (χ0) is 11.7. The van der Waals surface area contributed by atoms with Crippen molar-refractivity contribution in [1.29, 1.82) is 0 Å². The van der Waals surface area contributed by atoms with Crippen molar-refractivity contribution in [3.63, 3.8) is 0 Å². The van der Waals surface area contributed by atoms with Gasteiger partial charge in [-0.3, -0.25) is 0 Å². The highest BCUT2D eigenvalue weighted by Crippen LogP contribution is 2.36. The summed E-state index contributed by atoms with van der Waals surface area (Å²) in [7, 11) is 0. The zero-order valence-electron chi connectivity index (χ0n) is 10.2. The van der Waals surface area contributed by atoms with E-state index in [1.54, 1.807) is 5.56 Å². The molecule has 1 aromatic carbocycles. The van der Waals surface area contributed by atoms with Gasteiger partial charge in [-0.25, -0.2) is 0 Å². The van der Waals surface area contributed by atoms with Crippen molar-refractivity contribution in [2.75, 3.05) is 12.4 Å². The highest BCUT2D eigenvalue weighted by atomic mass is 35.5. The summed E-state index contributed by atoms with van der Waals surface area (Å²) >= 11 is 6.15. The van der Waals surface area contributed by atoms with Crippen molar-refractivity contribution in [2.45, 2.75) is 43.6 Å². The first-order chi connectivity index (χ1) is 8.33. The van der Waals surface area contributed by atoms with Crippen molar-refractivity contribution < 1.29 is 0 Å². The topological polar surface area (TPSA) is 12.0 Å². The number of fused-ring (bicyclic) bond motifs is 1. The Morgan fingerprint density at radius 3 is 2.71 bits per heavy atom. The van der Waals surface area contributed by atoms with Gasteiger partial charge in [-0.05, 0) is 30.4 Å². The van der Waals surface area contributed by atoms with Crippen LogP contribution in [0.1, 0.15) is 42.7 Å². The third-order valence-electron chi connectivity index (χ3n) is 4.50. The Hall–Kier alpha value is -0.530. The van der Waals surface area contributed by atoms with Crippen LogP contribution >= 0.6 is 11.6 Å². The van der Waals surface area contributed by atoms with Crippen molar-refractivity contribution in [1.82, 2.24) is 5.32 Å². The molecule has 1 nitrogen and oxygen atoms in total. The summed E-state index contributed by atoms with van der Waals surface area (Å²) in [5.41, 5.74) is 3.32. The Balaban J connectivity index is 1.60. The second-order valence-electron chi connectivity index (χ2n) is 5.60.